The second kappa shape index (κ2) is 8.97. The maximum absolute atomic E-state index is 14.4. The smallest absolute Gasteiger partial charge is 0.307 e. The second-order valence-electron chi connectivity index (χ2n) is 5.67. The summed E-state index contributed by atoms with van der Waals surface area (Å²) in [5.74, 6) is -1.48. The predicted molar refractivity (Wildman–Crippen MR) is 94.5 cm³/mol. The van der Waals surface area contributed by atoms with E-state index in [2.05, 4.69) is 5.32 Å². The number of carbonyl (C=O) groups excluding carboxylic acids is 2. The van der Waals surface area contributed by atoms with Crippen LogP contribution in [0, 0.1) is 5.82 Å². The van der Waals surface area contributed by atoms with Gasteiger partial charge in [-0.25, -0.2) is 4.39 Å². The number of carbonyl (C=O) groups is 2. The summed E-state index contributed by atoms with van der Waals surface area (Å²) in [5, 5.41) is 2.67. The molecule has 25 heavy (non-hydrogen) atoms. The lowest BCUT2D eigenvalue weighted by atomic mass is 9.96. The lowest BCUT2D eigenvalue weighted by Gasteiger charge is -2.14. The number of hydrogen-bond acceptors (Lipinski definition) is 3. The Kier molecular flexibility index (Phi) is 6.69. The van der Waals surface area contributed by atoms with E-state index in [1.165, 1.54) is 6.07 Å². The van der Waals surface area contributed by atoms with Crippen LogP contribution in [-0.4, -0.2) is 25.0 Å². The maximum Gasteiger partial charge on any atom is 0.307 e. The Morgan fingerprint density at radius 1 is 1.16 bits per heavy atom. The molecule has 0 radical (unpaired) electrons. The first-order valence-electron chi connectivity index (χ1n) is 8.31. The van der Waals surface area contributed by atoms with Crippen LogP contribution in [0.3, 0.4) is 0 Å². The van der Waals surface area contributed by atoms with Crippen LogP contribution in [0.15, 0.2) is 48.5 Å². The SMILES string of the molecule is CCOC(=O)CCNC(=O)C(C)c1ccc(-c2ccccc2)c(F)c1. The molecular weight excluding hydrogens is 321 g/mol. The van der Waals surface area contributed by atoms with E-state index in [-0.39, 0.29) is 30.7 Å². The van der Waals surface area contributed by atoms with Gasteiger partial charge in [0, 0.05) is 12.1 Å². The molecule has 0 heterocycles. The van der Waals surface area contributed by atoms with E-state index in [4.69, 9.17) is 4.74 Å². The van der Waals surface area contributed by atoms with Crippen LogP contribution in [0.4, 0.5) is 4.39 Å². The zero-order valence-electron chi connectivity index (χ0n) is 14.4. The van der Waals surface area contributed by atoms with Gasteiger partial charge in [-0.3, -0.25) is 9.59 Å². The van der Waals surface area contributed by atoms with Gasteiger partial charge in [-0.15, -0.1) is 0 Å². The molecule has 0 aliphatic carbocycles. The Labute approximate surface area is 147 Å². The number of nitrogens with one attached hydrogen (secondary N) is 1. The van der Waals surface area contributed by atoms with E-state index in [1.807, 2.05) is 30.3 Å². The lowest BCUT2D eigenvalue weighted by molar-refractivity contribution is -0.143. The minimum atomic E-state index is -0.512. The third kappa shape index (κ3) is 5.14. The quantitative estimate of drug-likeness (QED) is 0.781. The van der Waals surface area contributed by atoms with Gasteiger partial charge in [0.25, 0.3) is 0 Å². The van der Waals surface area contributed by atoms with Gasteiger partial charge in [0.15, 0.2) is 0 Å². The number of amides is 1. The van der Waals surface area contributed by atoms with Crippen LogP contribution in [0.5, 0.6) is 0 Å². The molecule has 2 aromatic carbocycles. The van der Waals surface area contributed by atoms with Crippen molar-refractivity contribution in [3.8, 4) is 11.1 Å². The molecule has 5 heteroatoms. The fraction of sp³-hybridized carbons (Fsp3) is 0.300. The van der Waals surface area contributed by atoms with Crippen molar-refractivity contribution in [1.29, 1.82) is 0 Å². The lowest BCUT2D eigenvalue weighted by Crippen LogP contribution is -2.30. The van der Waals surface area contributed by atoms with Gasteiger partial charge in [-0.2, -0.15) is 0 Å². The Hall–Kier alpha value is -2.69. The first kappa shape index (κ1) is 18.6. The second-order valence-corrected chi connectivity index (χ2v) is 5.67. The Morgan fingerprint density at radius 3 is 2.52 bits per heavy atom. The van der Waals surface area contributed by atoms with Crippen molar-refractivity contribution < 1.29 is 18.7 Å². The molecule has 132 valence electrons. The third-order valence-electron chi connectivity index (χ3n) is 3.90. The Bertz CT molecular complexity index is 731. The molecule has 0 fully saturated rings. The van der Waals surface area contributed by atoms with Gasteiger partial charge >= 0.3 is 5.97 Å². The van der Waals surface area contributed by atoms with Crippen LogP contribution in [-0.2, 0) is 14.3 Å². The normalized spacial score (nSPS) is 11.6. The molecule has 2 aromatic rings. The molecule has 1 amide bonds. The molecule has 0 aliphatic heterocycles. The van der Waals surface area contributed by atoms with E-state index in [0.717, 1.165) is 5.56 Å². The minimum absolute atomic E-state index is 0.119. The molecule has 0 bridgehead atoms. The van der Waals surface area contributed by atoms with Crippen LogP contribution >= 0.6 is 0 Å². The number of benzene rings is 2. The summed E-state index contributed by atoms with van der Waals surface area (Å²) >= 11 is 0. The predicted octanol–water partition coefficient (Wildman–Crippen LogP) is 3.67. The highest BCUT2D eigenvalue weighted by molar-refractivity contribution is 5.84. The van der Waals surface area contributed by atoms with E-state index in [9.17, 15) is 14.0 Å². The van der Waals surface area contributed by atoms with Gasteiger partial charge in [0.1, 0.15) is 5.82 Å². The standard InChI is InChI=1S/C20H22FNO3/c1-3-25-19(23)11-12-22-20(24)14(2)16-9-10-17(18(21)13-16)15-7-5-4-6-8-15/h4-10,13-14H,3,11-12H2,1-2H3,(H,22,24). The zero-order chi connectivity index (χ0) is 18.2. The average Bonchev–Trinajstić information content (AvgIpc) is 2.61. The van der Waals surface area contributed by atoms with Crippen molar-refractivity contribution >= 4 is 11.9 Å². The highest BCUT2D eigenvalue weighted by Gasteiger charge is 2.17. The zero-order valence-corrected chi connectivity index (χ0v) is 14.4. The first-order chi connectivity index (χ1) is 12.0. The Balaban J connectivity index is 2.00. The van der Waals surface area contributed by atoms with E-state index in [1.54, 1.807) is 26.0 Å². The van der Waals surface area contributed by atoms with Crippen molar-refractivity contribution in [2.75, 3.05) is 13.2 Å². The topological polar surface area (TPSA) is 55.4 Å². The van der Waals surface area contributed by atoms with Crippen molar-refractivity contribution in [3.05, 3.63) is 59.9 Å². The van der Waals surface area contributed by atoms with Crippen molar-refractivity contribution in [2.24, 2.45) is 0 Å². The summed E-state index contributed by atoms with van der Waals surface area (Å²) in [6, 6.07) is 14.1. The van der Waals surface area contributed by atoms with E-state index >= 15 is 0 Å². The summed E-state index contributed by atoms with van der Waals surface area (Å²) in [6.07, 6.45) is 0.119. The highest BCUT2D eigenvalue weighted by atomic mass is 19.1. The largest absolute Gasteiger partial charge is 0.466 e. The third-order valence-corrected chi connectivity index (χ3v) is 3.90. The molecule has 4 nitrogen and oxygen atoms in total. The minimum Gasteiger partial charge on any atom is -0.466 e. The van der Waals surface area contributed by atoms with E-state index < -0.39 is 5.92 Å². The summed E-state index contributed by atoms with van der Waals surface area (Å²) < 4.78 is 19.2. The molecule has 2 rings (SSSR count). The van der Waals surface area contributed by atoms with Gasteiger partial charge in [0.2, 0.25) is 5.91 Å². The number of rotatable bonds is 7. The molecular formula is C20H22FNO3. The monoisotopic (exact) mass is 343 g/mol. The van der Waals surface area contributed by atoms with Gasteiger partial charge in [0.05, 0.1) is 18.9 Å². The van der Waals surface area contributed by atoms with Gasteiger partial charge in [-0.05, 0) is 31.0 Å². The summed E-state index contributed by atoms with van der Waals surface area (Å²) in [7, 11) is 0. The molecule has 0 spiro atoms. The molecule has 0 saturated heterocycles. The Morgan fingerprint density at radius 2 is 1.88 bits per heavy atom. The van der Waals surface area contributed by atoms with Gasteiger partial charge in [-0.1, -0.05) is 42.5 Å². The number of halogens is 1. The van der Waals surface area contributed by atoms with Crippen LogP contribution in [0.2, 0.25) is 0 Å². The van der Waals surface area contributed by atoms with Crippen LogP contribution in [0.25, 0.3) is 11.1 Å². The van der Waals surface area contributed by atoms with Crippen molar-refractivity contribution in [1.82, 2.24) is 5.32 Å². The molecule has 0 aliphatic rings. The average molecular weight is 343 g/mol. The molecule has 0 aromatic heterocycles. The molecule has 1 atom stereocenters. The fourth-order valence-corrected chi connectivity index (χ4v) is 2.48. The first-order valence-corrected chi connectivity index (χ1v) is 8.31. The number of hydrogen-bond donors (Lipinski definition) is 1. The fourth-order valence-electron chi connectivity index (χ4n) is 2.48. The van der Waals surface area contributed by atoms with Crippen molar-refractivity contribution in [2.45, 2.75) is 26.2 Å². The molecule has 1 unspecified atom stereocenters. The number of esters is 1. The highest BCUT2D eigenvalue weighted by Crippen LogP contribution is 2.26. The van der Waals surface area contributed by atoms with Crippen molar-refractivity contribution in [3.63, 3.8) is 0 Å². The summed E-state index contributed by atoms with van der Waals surface area (Å²) in [5.41, 5.74) is 1.88. The number of ether oxygens (including phenoxy) is 1. The van der Waals surface area contributed by atoms with Gasteiger partial charge < -0.3 is 10.1 Å². The molecule has 1 N–H and O–H groups in total. The summed E-state index contributed by atoms with van der Waals surface area (Å²) in [4.78, 5) is 23.4. The van der Waals surface area contributed by atoms with Crippen LogP contribution in [0.1, 0.15) is 31.7 Å². The van der Waals surface area contributed by atoms with E-state index in [0.29, 0.717) is 17.7 Å². The molecule has 0 saturated carbocycles. The summed E-state index contributed by atoms with van der Waals surface area (Å²) in [6.45, 7) is 3.95. The van der Waals surface area contributed by atoms with Crippen LogP contribution < -0.4 is 5.32 Å². The maximum atomic E-state index is 14.4.